The molecule has 19 heteroatoms. The number of rotatable bonds is 24. The lowest BCUT2D eigenvalue weighted by Crippen LogP contribution is -2.44. The van der Waals surface area contributed by atoms with Crippen molar-refractivity contribution in [2.75, 3.05) is 19.6 Å². The molecule has 19 nitrogen and oxygen atoms in total. The number of hydrogen-bond acceptors (Lipinski definition) is 17. The first-order valence-corrected chi connectivity index (χ1v) is 22.8. The minimum absolute atomic E-state index is 0.0563. The van der Waals surface area contributed by atoms with Crippen LogP contribution in [-0.2, 0) is 42.3 Å². The molecule has 0 fully saturated rings. The van der Waals surface area contributed by atoms with Crippen LogP contribution in [0.3, 0.4) is 0 Å². The van der Waals surface area contributed by atoms with E-state index >= 15 is 0 Å². The molecule has 1 atom stereocenters. The lowest BCUT2D eigenvalue weighted by Gasteiger charge is -2.36. The van der Waals surface area contributed by atoms with Gasteiger partial charge in [-0.3, -0.25) is 14.6 Å². The fourth-order valence-electron chi connectivity index (χ4n) is 7.94. The van der Waals surface area contributed by atoms with Crippen molar-refractivity contribution < 1.29 is 55.6 Å². The van der Waals surface area contributed by atoms with E-state index in [0.717, 1.165) is 16.7 Å². The highest BCUT2D eigenvalue weighted by atomic mass is 16.5. The van der Waals surface area contributed by atoms with Gasteiger partial charge in [0.25, 0.3) is 0 Å². The maximum Gasteiger partial charge on any atom is 0.407 e. The largest absolute Gasteiger partial charge is 0.507 e. The van der Waals surface area contributed by atoms with E-state index in [9.17, 15) is 50.8 Å². The number of benzene rings is 5. The average Bonchev–Trinajstić information content (AvgIpc) is 3.37. The van der Waals surface area contributed by atoms with Gasteiger partial charge >= 0.3 is 6.09 Å². The van der Waals surface area contributed by atoms with E-state index in [1.807, 2.05) is 30.3 Å². The van der Waals surface area contributed by atoms with Crippen molar-refractivity contribution in [2.24, 2.45) is 20.6 Å². The summed E-state index contributed by atoms with van der Waals surface area (Å²) in [6.45, 7) is 8.12. The zero-order chi connectivity index (χ0) is 51.5. The molecule has 376 valence electrons. The summed E-state index contributed by atoms with van der Waals surface area (Å²) >= 11 is 0. The van der Waals surface area contributed by atoms with Crippen LogP contribution in [0.1, 0.15) is 97.0 Å². The highest BCUT2D eigenvalue weighted by molar-refractivity contribution is 6.02. The van der Waals surface area contributed by atoms with Gasteiger partial charge in [0.1, 0.15) is 29.6 Å². The van der Waals surface area contributed by atoms with Crippen LogP contribution >= 0.6 is 0 Å². The number of oxime groups is 4. The second-order valence-electron chi connectivity index (χ2n) is 17.1. The van der Waals surface area contributed by atoms with Crippen LogP contribution in [0.25, 0.3) is 0 Å². The summed E-state index contributed by atoms with van der Waals surface area (Å²) in [6, 6.07) is 28.6. The first-order valence-electron chi connectivity index (χ1n) is 22.8. The van der Waals surface area contributed by atoms with Crippen molar-refractivity contribution in [3.05, 3.63) is 153 Å². The Kier molecular flexibility index (Phi) is 20.1. The van der Waals surface area contributed by atoms with Crippen molar-refractivity contribution in [1.82, 2.24) is 20.4 Å². The molecule has 0 aliphatic heterocycles. The monoisotopic (exact) mass is 974 g/mol. The summed E-state index contributed by atoms with van der Waals surface area (Å²) in [5, 5.41) is 100. The Morgan fingerprint density at radius 2 is 0.930 bits per heavy atom. The van der Waals surface area contributed by atoms with E-state index in [4.69, 9.17) is 4.74 Å². The maximum atomic E-state index is 13.7. The first kappa shape index (κ1) is 53.8. The average molecular weight is 975 g/mol. The van der Waals surface area contributed by atoms with Crippen LogP contribution in [0, 0.1) is 0 Å². The number of amides is 2. The molecule has 10 N–H and O–H groups in total. The van der Waals surface area contributed by atoms with Gasteiger partial charge in [-0.1, -0.05) is 75.2 Å². The van der Waals surface area contributed by atoms with Crippen LogP contribution in [0.5, 0.6) is 23.0 Å². The molecule has 0 saturated carbocycles. The summed E-state index contributed by atoms with van der Waals surface area (Å²) in [5.74, 6) is -0.617. The Balaban J connectivity index is 1.52. The lowest BCUT2D eigenvalue weighted by atomic mass is 10.0. The normalized spacial score (nSPS) is 12.8. The molecule has 0 aromatic heterocycles. The molecule has 5 aromatic rings. The number of alkyl carbamates (subject to hydrolysis) is 1. The van der Waals surface area contributed by atoms with Crippen molar-refractivity contribution in [3.63, 3.8) is 0 Å². The molecule has 0 saturated heterocycles. The third kappa shape index (κ3) is 15.9. The van der Waals surface area contributed by atoms with Crippen molar-refractivity contribution >= 4 is 34.8 Å². The molecule has 1 unspecified atom stereocenters. The van der Waals surface area contributed by atoms with E-state index in [-0.39, 0.29) is 117 Å². The van der Waals surface area contributed by atoms with E-state index in [2.05, 4.69) is 41.1 Å². The second kappa shape index (κ2) is 26.6. The van der Waals surface area contributed by atoms with Gasteiger partial charge in [0, 0.05) is 80.5 Å². The van der Waals surface area contributed by atoms with E-state index in [1.165, 1.54) is 24.3 Å². The van der Waals surface area contributed by atoms with Gasteiger partial charge in [-0.15, -0.1) is 0 Å². The molecule has 0 heterocycles. The van der Waals surface area contributed by atoms with E-state index < -0.39 is 12.1 Å². The van der Waals surface area contributed by atoms with Gasteiger partial charge in [0.2, 0.25) is 5.91 Å². The fraction of sp³-hybridized carbons (Fsp3) is 0.308. The molecule has 0 bridgehead atoms. The van der Waals surface area contributed by atoms with Crippen molar-refractivity contribution in [1.29, 1.82) is 0 Å². The number of hydrogen-bond donors (Lipinski definition) is 10. The molecule has 0 spiro atoms. The SMILES string of the molecule is CC(=NO)c1cc(CN(Cc2ccc(O)c(C(C)=NO)c2)CC(CCC(=O)NCCCNC(=O)OCc2ccccc2)N(Cc2ccc(O)c(C(C)=NO)c2)Cc2ccc(O)c(C(C)=NO)c2)ccc1O. The maximum absolute atomic E-state index is 13.7. The zero-order valence-electron chi connectivity index (χ0n) is 40.2. The molecule has 5 rings (SSSR count). The first-order chi connectivity index (χ1) is 34.1. The molecule has 5 aromatic carbocycles. The third-order valence-corrected chi connectivity index (χ3v) is 11.8. The topological polar surface area (TPSA) is 285 Å². The molecule has 0 radical (unpaired) electrons. The van der Waals surface area contributed by atoms with Crippen LogP contribution in [0.2, 0.25) is 0 Å². The smallest absolute Gasteiger partial charge is 0.407 e. The van der Waals surface area contributed by atoms with Crippen LogP contribution in [0.4, 0.5) is 4.79 Å². The fourth-order valence-corrected chi connectivity index (χ4v) is 7.94. The van der Waals surface area contributed by atoms with Gasteiger partial charge in [0.15, 0.2) is 0 Å². The van der Waals surface area contributed by atoms with Gasteiger partial charge in [-0.25, -0.2) is 4.79 Å². The summed E-state index contributed by atoms with van der Waals surface area (Å²) < 4.78 is 5.29. The number of aromatic hydroxyl groups is 4. The van der Waals surface area contributed by atoms with Crippen molar-refractivity contribution in [3.8, 4) is 23.0 Å². The minimum Gasteiger partial charge on any atom is -0.507 e. The highest BCUT2D eigenvalue weighted by Gasteiger charge is 2.26. The quantitative estimate of drug-likeness (QED) is 0.0124. The third-order valence-electron chi connectivity index (χ3n) is 11.8. The second-order valence-corrected chi connectivity index (χ2v) is 17.1. The molecular formula is C52H62N8O11. The Hall–Kier alpha value is -8.16. The number of nitrogens with one attached hydrogen (secondary N) is 2. The Morgan fingerprint density at radius 1 is 0.535 bits per heavy atom. The van der Waals surface area contributed by atoms with Gasteiger partial charge in [0.05, 0.1) is 22.8 Å². The van der Waals surface area contributed by atoms with Crippen molar-refractivity contribution in [2.45, 2.75) is 85.8 Å². The standard InChI is InChI=1S/C52H62N8O11/c1-33(55-67)43-23-38(11-16-47(43)61)27-59(28-39-12-17-48(62)44(24-39)34(2)56-68)31-42(15-20-51(65)53-21-8-22-54-52(66)71-32-37-9-6-5-7-10-37)60(29-40-13-18-49(63)45(25-40)35(3)57-69)30-41-14-19-50(64)46(26-41)36(4)58-70/h5-7,9-14,16-19,23-26,42,61-64,67-70H,8,15,20-22,27-32H2,1-4H3,(H,53,65)(H,54,66). The summed E-state index contributed by atoms with van der Waals surface area (Å²) in [7, 11) is 0. The molecular weight excluding hydrogens is 913 g/mol. The highest BCUT2D eigenvalue weighted by Crippen LogP contribution is 2.28. The number of carbonyl (C=O) groups excluding carboxylic acids is 2. The minimum atomic E-state index is -0.577. The van der Waals surface area contributed by atoms with E-state index in [0.29, 0.717) is 39.8 Å². The Labute approximate surface area is 411 Å². The Bertz CT molecular complexity index is 2590. The molecule has 0 aliphatic rings. The predicted octanol–water partition coefficient (Wildman–Crippen LogP) is 7.59. The van der Waals surface area contributed by atoms with Crippen LogP contribution < -0.4 is 10.6 Å². The number of phenolic OH excluding ortho intramolecular Hbond substituents is 4. The summed E-state index contributed by atoms with van der Waals surface area (Å²) in [6.07, 6.45) is 0.192. The summed E-state index contributed by atoms with van der Waals surface area (Å²) in [5.41, 5.74) is 5.73. The number of phenols is 4. The number of ether oxygens (including phenoxy) is 1. The van der Waals surface area contributed by atoms with Crippen LogP contribution in [-0.4, -0.2) is 112 Å². The molecule has 71 heavy (non-hydrogen) atoms. The lowest BCUT2D eigenvalue weighted by molar-refractivity contribution is -0.121. The number of nitrogens with zero attached hydrogens (tertiary/aromatic N) is 6. The summed E-state index contributed by atoms with van der Waals surface area (Å²) in [4.78, 5) is 30.3. The van der Waals surface area contributed by atoms with Gasteiger partial charge in [-0.2, -0.15) is 0 Å². The molecule has 0 aliphatic carbocycles. The van der Waals surface area contributed by atoms with Gasteiger partial charge < -0.3 is 56.6 Å². The Morgan fingerprint density at radius 3 is 1.34 bits per heavy atom. The molecule has 2 amide bonds. The van der Waals surface area contributed by atoms with Crippen LogP contribution in [0.15, 0.2) is 124 Å². The number of carbonyl (C=O) groups is 2. The van der Waals surface area contributed by atoms with E-state index in [1.54, 1.807) is 76.2 Å². The predicted molar refractivity (Wildman–Crippen MR) is 267 cm³/mol. The zero-order valence-corrected chi connectivity index (χ0v) is 40.2. The van der Waals surface area contributed by atoms with Gasteiger partial charge in [-0.05, 0) is 117 Å².